The Bertz CT molecular complexity index is 789. The molecule has 7 nitrogen and oxygen atoms in total. The smallest absolute Gasteiger partial charge is 0.254 e. The molecular formula is C18H20Cl2N2O5. The van der Waals surface area contributed by atoms with Gasteiger partial charge < -0.3 is 24.7 Å². The van der Waals surface area contributed by atoms with Crippen LogP contribution < -0.4 is 0 Å². The van der Waals surface area contributed by atoms with Gasteiger partial charge in [-0.3, -0.25) is 9.59 Å². The summed E-state index contributed by atoms with van der Waals surface area (Å²) in [6, 6.07) is 2.86. The van der Waals surface area contributed by atoms with Gasteiger partial charge in [0.2, 0.25) is 5.91 Å². The van der Waals surface area contributed by atoms with E-state index in [0.717, 1.165) is 0 Å². The minimum Gasteiger partial charge on any atom is -0.508 e. The number of halogens is 2. The Kier molecular flexibility index (Phi) is 4.96. The number of fused-ring (bicyclic) bond motifs is 1. The Morgan fingerprint density at radius 3 is 2.74 bits per heavy atom. The third-order valence-corrected chi connectivity index (χ3v) is 6.44. The molecule has 0 aliphatic carbocycles. The minimum absolute atomic E-state index is 0.0378. The molecular weight excluding hydrogens is 395 g/mol. The van der Waals surface area contributed by atoms with Crippen LogP contribution in [0.1, 0.15) is 24.3 Å². The molecule has 2 amide bonds. The summed E-state index contributed by atoms with van der Waals surface area (Å²) >= 11 is 12.4. The first-order chi connectivity index (χ1) is 12.9. The summed E-state index contributed by atoms with van der Waals surface area (Å²) in [5.74, 6) is -0.613. The van der Waals surface area contributed by atoms with Gasteiger partial charge in [-0.05, 0) is 25.0 Å². The van der Waals surface area contributed by atoms with E-state index < -0.39 is 12.2 Å². The molecule has 1 aromatic carbocycles. The molecule has 4 rings (SSSR count). The Morgan fingerprint density at radius 1 is 1.26 bits per heavy atom. The van der Waals surface area contributed by atoms with E-state index in [1.807, 2.05) is 0 Å². The Labute approximate surface area is 166 Å². The summed E-state index contributed by atoms with van der Waals surface area (Å²) in [7, 11) is 0. The van der Waals surface area contributed by atoms with Crippen LogP contribution in [0.3, 0.4) is 0 Å². The van der Waals surface area contributed by atoms with Gasteiger partial charge in [0.1, 0.15) is 5.75 Å². The maximum atomic E-state index is 12.6. The van der Waals surface area contributed by atoms with Crippen molar-refractivity contribution < 1.29 is 24.5 Å². The lowest BCUT2D eigenvalue weighted by Gasteiger charge is -2.38. The second-order valence-electron chi connectivity index (χ2n) is 7.29. The van der Waals surface area contributed by atoms with E-state index in [2.05, 4.69) is 0 Å². The molecule has 0 unspecified atom stereocenters. The van der Waals surface area contributed by atoms with Crippen molar-refractivity contribution >= 4 is 35.0 Å². The van der Waals surface area contributed by atoms with Crippen molar-refractivity contribution in [1.82, 2.24) is 9.80 Å². The summed E-state index contributed by atoms with van der Waals surface area (Å²) in [4.78, 5) is 28.4. The highest BCUT2D eigenvalue weighted by molar-refractivity contribution is 6.42. The van der Waals surface area contributed by atoms with Gasteiger partial charge >= 0.3 is 0 Å². The first-order valence-corrected chi connectivity index (χ1v) is 9.67. The normalized spacial score (nSPS) is 30.7. The highest BCUT2D eigenvalue weighted by Gasteiger charge is 2.45. The van der Waals surface area contributed by atoms with Gasteiger partial charge in [-0.1, -0.05) is 23.2 Å². The maximum absolute atomic E-state index is 12.6. The number of carbonyl (C=O) groups excluding carboxylic acids is 2. The highest BCUT2D eigenvalue weighted by atomic mass is 35.5. The number of phenolic OH excluding ortho intramolecular Hbond substituents is 1. The van der Waals surface area contributed by atoms with E-state index in [0.29, 0.717) is 48.1 Å². The van der Waals surface area contributed by atoms with E-state index in [-0.39, 0.29) is 36.1 Å². The third-order valence-electron chi connectivity index (χ3n) is 5.63. The van der Waals surface area contributed by atoms with E-state index >= 15 is 0 Å². The maximum Gasteiger partial charge on any atom is 0.254 e. The lowest BCUT2D eigenvalue weighted by atomic mass is 9.95. The molecule has 3 aliphatic rings. The molecule has 3 aliphatic heterocycles. The number of phenols is 1. The number of carbonyl (C=O) groups is 2. The zero-order chi connectivity index (χ0) is 19.3. The molecule has 1 aromatic rings. The fourth-order valence-corrected chi connectivity index (χ4v) is 4.76. The molecule has 0 bridgehead atoms. The summed E-state index contributed by atoms with van der Waals surface area (Å²) in [6.45, 7) is 1.09. The molecule has 3 fully saturated rings. The van der Waals surface area contributed by atoms with Crippen LogP contribution >= 0.6 is 23.2 Å². The van der Waals surface area contributed by atoms with Crippen molar-refractivity contribution in [2.45, 2.75) is 37.0 Å². The van der Waals surface area contributed by atoms with Crippen LogP contribution in [-0.4, -0.2) is 76.3 Å². The zero-order valence-electron chi connectivity index (χ0n) is 14.5. The minimum atomic E-state index is -0.895. The van der Waals surface area contributed by atoms with Crippen LogP contribution in [0, 0.1) is 0 Å². The molecule has 27 heavy (non-hydrogen) atoms. The van der Waals surface area contributed by atoms with Crippen LogP contribution in [0.15, 0.2) is 12.1 Å². The molecule has 2 N–H and O–H groups in total. The number of rotatable bonds is 2. The fraction of sp³-hybridized carbons (Fsp3) is 0.556. The standard InChI is InChI=1S/C18H20Cl2N2O5/c19-11-1-2-12(23)15(16(11)20)9-5-10-7-21(8-14(25)22(10)6-9)18(26)17-13(24)3-4-27-17/h1-2,9-10,13,17,23-24H,3-8H2/t9-,10-,13-,17+/m0/s1. The van der Waals surface area contributed by atoms with Crippen LogP contribution in [0.25, 0.3) is 0 Å². The van der Waals surface area contributed by atoms with Crippen molar-refractivity contribution in [2.75, 3.05) is 26.2 Å². The van der Waals surface area contributed by atoms with Gasteiger partial charge in [0.15, 0.2) is 6.10 Å². The van der Waals surface area contributed by atoms with Crippen molar-refractivity contribution in [3.63, 3.8) is 0 Å². The SMILES string of the molecule is O=C([C@@H]1OCC[C@@H]1O)N1CC(=O)N2C[C@@H](c3c(O)ccc(Cl)c3Cl)C[C@H]2C1. The van der Waals surface area contributed by atoms with Crippen molar-refractivity contribution in [2.24, 2.45) is 0 Å². The molecule has 0 aromatic heterocycles. The summed E-state index contributed by atoms with van der Waals surface area (Å²) < 4.78 is 5.33. The van der Waals surface area contributed by atoms with Gasteiger partial charge in [0, 0.05) is 24.6 Å². The number of nitrogens with zero attached hydrogens (tertiary/aromatic N) is 2. The summed E-state index contributed by atoms with van der Waals surface area (Å²) in [5.41, 5.74) is 0.541. The van der Waals surface area contributed by atoms with Crippen LogP contribution in [-0.2, 0) is 14.3 Å². The molecule has 3 saturated heterocycles. The Hall–Kier alpha value is -1.54. The van der Waals surface area contributed by atoms with E-state index in [9.17, 15) is 19.8 Å². The molecule has 0 saturated carbocycles. The van der Waals surface area contributed by atoms with Gasteiger partial charge in [0.05, 0.1) is 35.3 Å². The molecule has 146 valence electrons. The van der Waals surface area contributed by atoms with E-state index in [1.165, 1.54) is 17.0 Å². The first kappa shape index (κ1) is 18.8. The van der Waals surface area contributed by atoms with Crippen LogP contribution in [0.2, 0.25) is 10.0 Å². The Morgan fingerprint density at radius 2 is 2.04 bits per heavy atom. The number of benzene rings is 1. The topological polar surface area (TPSA) is 90.3 Å². The quantitative estimate of drug-likeness (QED) is 0.762. The lowest BCUT2D eigenvalue weighted by Crippen LogP contribution is -2.58. The predicted octanol–water partition coefficient (Wildman–Crippen LogP) is 1.38. The number of hydrogen-bond donors (Lipinski definition) is 2. The average Bonchev–Trinajstić information content (AvgIpc) is 3.24. The van der Waals surface area contributed by atoms with Gasteiger partial charge in [-0.2, -0.15) is 0 Å². The van der Waals surface area contributed by atoms with Gasteiger partial charge in [-0.25, -0.2) is 0 Å². The third kappa shape index (κ3) is 3.27. The van der Waals surface area contributed by atoms with Gasteiger partial charge in [0.25, 0.3) is 5.91 Å². The van der Waals surface area contributed by atoms with Crippen LogP contribution in [0.4, 0.5) is 0 Å². The number of piperazine rings is 1. The fourth-order valence-electron chi connectivity index (χ4n) is 4.28. The second-order valence-corrected chi connectivity index (χ2v) is 8.08. The lowest BCUT2D eigenvalue weighted by molar-refractivity contribution is -0.154. The highest BCUT2D eigenvalue weighted by Crippen LogP contribution is 2.43. The molecule has 0 spiro atoms. The average molecular weight is 415 g/mol. The molecule has 9 heteroatoms. The second kappa shape index (κ2) is 7.13. The number of amides is 2. The number of aliphatic hydroxyl groups excluding tert-OH is 1. The number of aliphatic hydroxyl groups is 1. The van der Waals surface area contributed by atoms with E-state index in [4.69, 9.17) is 27.9 Å². The van der Waals surface area contributed by atoms with Crippen molar-refractivity contribution in [3.8, 4) is 5.75 Å². The summed E-state index contributed by atoms with van der Waals surface area (Å²) in [6.07, 6.45) is -0.739. The largest absolute Gasteiger partial charge is 0.508 e. The van der Waals surface area contributed by atoms with Crippen LogP contribution in [0.5, 0.6) is 5.75 Å². The zero-order valence-corrected chi connectivity index (χ0v) is 16.0. The first-order valence-electron chi connectivity index (χ1n) is 8.91. The number of aromatic hydroxyl groups is 1. The van der Waals surface area contributed by atoms with E-state index in [1.54, 1.807) is 4.90 Å². The molecule has 4 atom stereocenters. The van der Waals surface area contributed by atoms with Crippen molar-refractivity contribution in [1.29, 1.82) is 0 Å². The number of hydrogen-bond acceptors (Lipinski definition) is 5. The number of ether oxygens (including phenoxy) is 1. The predicted molar refractivity (Wildman–Crippen MR) is 97.9 cm³/mol. The van der Waals surface area contributed by atoms with Crippen molar-refractivity contribution in [3.05, 3.63) is 27.7 Å². The molecule has 0 radical (unpaired) electrons. The van der Waals surface area contributed by atoms with Gasteiger partial charge in [-0.15, -0.1) is 0 Å². The Balaban J connectivity index is 1.52. The monoisotopic (exact) mass is 414 g/mol. The summed E-state index contributed by atoms with van der Waals surface area (Å²) in [5, 5.41) is 20.8. The molecule has 3 heterocycles.